The van der Waals surface area contributed by atoms with Gasteiger partial charge >= 0.3 is 0 Å². The zero-order valence-electron chi connectivity index (χ0n) is 12.3. The maximum Gasteiger partial charge on any atom is 0.150 e. The monoisotopic (exact) mass is 271 g/mol. The molecular weight excluding hydrogens is 250 g/mol. The summed E-state index contributed by atoms with van der Waals surface area (Å²) in [5.41, 5.74) is 2.22. The molecule has 0 amide bonds. The Morgan fingerprint density at radius 3 is 2.85 bits per heavy atom. The van der Waals surface area contributed by atoms with Crippen LogP contribution in [0.1, 0.15) is 12.5 Å². The van der Waals surface area contributed by atoms with Crippen LogP contribution in [0.2, 0.25) is 0 Å². The first-order chi connectivity index (χ1) is 9.70. The van der Waals surface area contributed by atoms with Crippen LogP contribution in [0.5, 0.6) is 11.5 Å². The Morgan fingerprint density at radius 2 is 2.10 bits per heavy atom. The van der Waals surface area contributed by atoms with Crippen LogP contribution in [0.3, 0.4) is 0 Å². The van der Waals surface area contributed by atoms with Crippen LogP contribution in [0.15, 0.2) is 42.7 Å². The fraction of sp³-hybridized carbons (Fsp3) is 0.312. The van der Waals surface area contributed by atoms with E-state index in [0.29, 0.717) is 0 Å². The number of hydrogen-bond donors (Lipinski definition) is 1. The Balaban J connectivity index is 2.19. The van der Waals surface area contributed by atoms with Crippen molar-refractivity contribution in [1.82, 2.24) is 10.3 Å². The van der Waals surface area contributed by atoms with Gasteiger partial charge in [0.15, 0.2) is 0 Å². The minimum Gasteiger partial charge on any atom is -0.455 e. The van der Waals surface area contributed by atoms with Crippen LogP contribution in [-0.2, 0) is 6.54 Å². The molecule has 0 fully saturated rings. The van der Waals surface area contributed by atoms with Gasteiger partial charge in [-0.3, -0.25) is 4.98 Å². The lowest BCUT2D eigenvalue weighted by atomic mass is 10.2. The van der Waals surface area contributed by atoms with Gasteiger partial charge in [-0.2, -0.15) is 0 Å². The molecule has 0 aliphatic rings. The topological polar surface area (TPSA) is 37.4 Å². The highest BCUT2D eigenvalue weighted by Crippen LogP contribution is 2.27. The molecule has 0 bridgehead atoms. The molecule has 106 valence electrons. The van der Waals surface area contributed by atoms with E-state index < -0.39 is 0 Å². The van der Waals surface area contributed by atoms with Gasteiger partial charge in [0.2, 0.25) is 0 Å². The minimum atomic E-state index is 0.779. The molecular formula is C16H21N3O. The first kappa shape index (κ1) is 14.3. The van der Waals surface area contributed by atoms with Gasteiger partial charge < -0.3 is 15.0 Å². The van der Waals surface area contributed by atoms with E-state index in [0.717, 1.165) is 35.8 Å². The fourth-order valence-electron chi connectivity index (χ4n) is 1.86. The highest BCUT2D eigenvalue weighted by molar-refractivity contribution is 5.50. The molecule has 0 saturated heterocycles. The second-order valence-electron chi connectivity index (χ2n) is 4.76. The lowest BCUT2D eigenvalue weighted by Crippen LogP contribution is -2.12. The van der Waals surface area contributed by atoms with E-state index in [-0.39, 0.29) is 0 Å². The molecule has 0 unspecified atom stereocenters. The molecule has 4 heteroatoms. The van der Waals surface area contributed by atoms with Crippen molar-refractivity contribution >= 4 is 5.69 Å². The Labute approximate surface area is 120 Å². The summed E-state index contributed by atoms with van der Waals surface area (Å²) in [7, 11) is 4.03. The number of hydrogen-bond acceptors (Lipinski definition) is 4. The van der Waals surface area contributed by atoms with Crippen molar-refractivity contribution in [1.29, 1.82) is 0 Å². The Bertz CT molecular complexity index is 555. The minimum absolute atomic E-state index is 0.779. The average molecular weight is 271 g/mol. The summed E-state index contributed by atoms with van der Waals surface area (Å²) >= 11 is 0. The lowest BCUT2D eigenvalue weighted by Gasteiger charge is -2.15. The van der Waals surface area contributed by atoms with Crippen LogP contribution >= 0.6 is 0 Å². The number of nitrogens with zero attached hydrogens (tertiary/aromatic N) is 2. The highest BCUT2D eigenvalue weighted by Gasteiger charge is 2.05. The largest absolute Gasteiger partial charge is 0.455 e. The third-order valence-electron chi connectivity index (χ3n) is 3.00. The predicted molar refractivity (Wildman–Crippen MR) is 82.5 cm³/mol. The third kappa shape index (κ3) is 3.71. The summed E-state index contributed by atoms with van der Waals surface area (Å²) in [6.45, 7) is 3.79. The van der Waals surface area contributed by atoms with Crippen LogP contribution in [0.4, 0.5) is 5.69 Å². The van der Waals surface area contributed by atoms with E-state index in [1.54, 1.807) is 12.4 Å². The molecule has 1 heterocycles. The Hall–Kier alpha value is -2.07. The maximum atomic E-state index is 5.97. The predicted octanol–water partition coefficient (Wildman–Crippen LogP) is 3.05. The zero-order chi connectivity index (χ0) is 14.4. The number of rotatable bonds is 6. The molecule has 2 rings (SSSR count). The number of anilines is 1. The molecule has 1 aromatic heterocycles. The highest BCUT2D eigenvalue weighted by atomic mass is 16.5. The van der Waals surface area contributed by atoms with Crippen molar-refractivity contribution in [3.8, 4) is 11.5 Å². The van der Waals surface area contributed by atoms with Gasteiger partial charge in [0.05, 0.1) is 6.20 Å². The molecule has 0 aliphatic heterocycles. The van der Waals surface area contributed by atoms with E-state index in [9.17, 15) is 0 Å². The van der Waals surface area contributed by atoms with Gasteiger partial charge in [-0.05, 0) is 24.7 Å². The van der Waals surface area contributed by atoms with Crippen LogP contribution < -0.4 is 15.0 Å². The summed E-state index contributed by atoms with van der Waals surface area (Å²) in [4.78, 5) is 6.20. The third-order valence-corrected chi connectivity index (χ3v) is 3.00. The van der Waals surface area contributed by atoms with Crippen LogP contribution in [-0.4, -0.2) is 25.6 Å². The lowest BCUT2D eigenvalue weighted by molar-refractivity contribution is 0.471. The van der Waals surface area contributed by atoms with E-state index in [4.69, 9.17) is 4.74 Å². The molecule has 0 saturated carbocycles. The second-order valence-corrected chi connectivity index (χ2v) is 4.76. The van der Waals surface area contributed by atoms with E-state index in [2.05, 4.69) is 28.2 Å². The smallest absolute Gasteiger partial charge is 0.150 e. The van der Waals surface area contributed by atoms with Crippen molar-refractivity contribution in [2.45, 2.75) is 13.5 Å². The van der Waals surface area contributed by atoms with Gasteiger partial charge in [0.1, 0.15) is 11.5 Å². The molecule has 0 aliphatic carbocycles. The quantitative estimate of drug-likeness (QED) is 0.876. The fourth-order valence-corrected chi connectivity index (χ4v) is 1.86. The van der Waals surface area contributed by atoms with Crippen LogP contribution in [0.25, 0.3) is 0 Å². The molecule has 2 aromatic rings. The summed E-state index contributed by atoms with van der Waals surface area (Å²) in [6.07, 6.45) is 3.55. The van der Waals surface area contributed by atoms with Crippen molar-refractivity contribution in [2.24, 2.45) is 0 Å². The number of ether oxygens (including phenoxy) is 1. The standard InChI is InChI=1S/C16H21N3O/c1-4-17-11-13-8-9-18-12-16(13)20-15-7-5-6-14(10-15)19(2)3/h5-10,12,17H,4,11H2,1-3H3. The van der Waals surface area contributed by atoms with Crippen molar-refractivity contribution in [2.75, 3.05) is 25.5 Å². The number of aromatic nitrogens is 1. The molecule has 4 nitrogen and oxygen atoms in total. The number of nitrogens with one attached hydrogen (secondary N) is 1. The summed E-state index contributed by atoms with van der Waals surface area (Å²) in [5, 5.41) is 3.30. The SMILES string of the molecule is CCNCc1ccncc1Oc1cccc(N(C)C)c1. The first-order valence-electron chi connectivity index (χ1n) is 6.79. The van der Waals surface area contributed by atoms with Gasteiger partial charge in [0.25, 0.3) is 0 Å². The van der Waals surface area contributed by atoms with Gasteiger partial charge in [-0.1, -0.05) is 13.0 Å². The molecule has 1 aromatic carbocycles. The summed E-state index contributed by atoms with van der Waals surface area (Å²) < 4.78 is 5.97. The summed E-state index contributed by atoms with van der Waals surface area (Å²) in [5.74, 6) is 1.62. The maximum absolute atomic E-state index is 5.97. The number of benzene rings is 1. The van der Waals surface area contributed by atoms with Crippen molar-refractivity contribution in [3.63, 3.8) is 0 Å². The van der Waals surface area contributed by atoms with Gasteiger partial charge in [0, 0.05) is 44.2 Å². The molecule has 20 heavy (non-hydrogen) atoms. The van der Waals surface area contributed by atoms with E-state index in [1.807, 2.05) is 38.4 Å². The van der Waals surface area contributed by atoms with Crippen LogP contribution in [0, 0.1) is 0 Å². The molecule has 0 spiro atoms. The van der Waals surface area contributed by atoms with Crippen molar-refractivity contribution < 1.29 is 4.74 Å². The molecule has 0 atom stereocenters. The molecule has 1 N–H and O–H groups in total. The summed E-state index contributed by atoms with van der Waals surface area (Å²) in [6, 6.07) is 10.00. The first-order valence-corrected chi connectivity index (χ1v) is 6.79. The van der Waals surface area contributed by atoms with E-state index >= 15 is 0 Å². The zero-order valence-corrected chi connectivity index (χ0v) is 12.3. The second kappa shape index (κ2) is 6.91. The molecule has 0 radical (unpaired) electrons. The number of pyridine rings is 1. The average Bonchev–Trinajstić information content (AvgIpc) is 2.46. The van der Waals surface area contributed by atoms with Gasteiger partial charge in [-0.25, -0.2) is 0 Å². The Kier molecular flexibility index (Phi) is 4.96. The van der Waals surface area contributed by atoms with E-state index in [1.165, 1.54) is 0 Å². The van der Waals surface area contributed by atoms with Crippen molar-refractivity contribution in [3.05, 3.63) is 48.3 Å². The van der Waals surface area contributed by atoms with Gasteiger partial charge in [-0.15, -0.1) is 0 Å². The normalized spacial score (nSPS) is 10.3. The Morgan fingerprint density at radius 1 is 1.25 bits per heavy atom.